The van der Waals surface area contributed by atoms with Crippen LogP contribution in [0, 0.1) is 11.8 Å². The maximum absolute atomic E-state index is 12.7. The fourth-order valence-electron chi connectivity index (χ4n) is 3.39. The number of carbonyl (C=O) groups is 1. The van der Waals surface area contributed by atoms with Crippen LogP contribution in [0.15, 0.2) is 36.7 Å². The summed E-state index contributed by atoms with van der Waals surface area (Å²) in [6.45, 7) is 6.73. The van der Waals surface area contributed by atoms with Crippen LogP contribution in [-0.4, -0.2) is 38.8 Å². The van der Waals surface area contributed by atoms with Crippen molar-refractivity contribution >= 4 is 11.8 Å². The minimum atomic E-state index is -0.0350. The first-order valence-corrected chi connectivity index (χ1v) is 9.11. The number of rotatable bonds is 4. The van der Waals surface area contributed by atoms with E-state index in [1.165, 1.54) is 6.42 Å². The van der Waals surface area contributed by atoms with E-state index in [-0.39, 0.29) is 6.03 Å². The van der Waals surface area contributed by atoms with Gasteiger partial charge in [-0.25, -0.2) is 9.48 Å². The largest absolute Gasteiger partial charge is 0.324 e. The minimum absolute atomic E-state index is 0.0350. The molecule has 3 heterocycles. The second-order valence-corrected chi connectivity index (χ2v) is 7.05. The first-order valence-electron chi connectivity index (χ1n) is 9.11. The van der Waals surface area contributed by atoms with Crippen molar-refractivity contribution < 1.29 is 4.79 Å². The van der Waals surface area contributed by atoms with E-state index in [0.29, 0.717) is 24.2 Å². The van der Waals surface area contributed by atoms with Gasteiger partial charge in [-0.2, -0.15) is 5.10 Å². The molecule has 1 N–H and O–H groups in total. The standard InChI is InChI=1S/C19H27N5O/c1-15(2)16-6-5-12-23(13-9-16)19(25)22-18-8-11-21-24(18)14-17-7-3-4-10-20-17/h3-4,7-8,10-11,15-16H,5-6,9,12-14H2,1-2H3,(H,22,25). The molecule has 0 bridgehead atoms. The number of carbonyl (C=O) groups excluding carboxylic acids is 1. The first kappa shape index (κ1) is 17.5. The fraction of sp³-hybridized carbons (Fsp3) is 0.526. The summed E-state index contributed by atoms with van der Waals surface area (Å²) in [6, 6.07) is 7.59. The van der Waals surface area contributed by atoms with Crippen LogP contribution in [0.25, 0.3) is 0 Å². The van der Waals surface area contributed by atoms with E-state index in [4.69, 9.17) is 0 Å². The van der Waals surface area contributed by atoms with E-state index in [1.807, 2.05) is 29.2 Å². The van der Waals surface area contributed by atoms with E-state index in [0.717, 1.165) is 31.6 Å². The smallest absolute Gasteiger partial charge is 0.322 e. The highest BCUT2D eigenvalue weighted by molar-refractivity contribution is 5.88. The number of aromatic nitrogens is 3. The molecule has 1 unspecified atom stereocenters. The monoisotopic (exact) mass is 341 g/mol. The Morgan fingerprint density at radius 3 is 2.88 bits per heavy atom. The molecule has 6 nitrogen and oxygen atoms in total. The summed E-state index contributed by atoms with van der Waals surface area (Å²) in [7, 11) is 0. The van der Waals surface area contributed by atoms with Crippen LogP contribution in [-0.2, 0) is 6.54 Å². The molecule has 6 heteroatoms. The van der Waals surface area contributed by atoms with Crippen LogP contribution >= 0.6 is 0 Å². The molecule has 0 aromatic carbocycles. The molecule has 3 rings (SSSR count). The predicted octanol–water partition coefficient (Wildman–Crippen LogP) is 3.62. The number of pyridine rings is 1. The Balaban J connectivity index is 1.61. The van der Waals surface area contributed by atoms with E-state index in [2.05, 4.69) is 29.2 Å². The molecule has 1 saturated heterocycles. The second kappa shape index (κ2) is 8.14. The number of nitrogens with zero attached hydrogens (tertiary/aromatic N) is 4. The topological polar surface area (TPSA) is 63.1 Å². The van der Waals surface area contributed by atoms with Gasteiger partial charge in [0.25, 0.3) is 0 Å². The third kappa shape index (κ3) is 4.59. The summed E-state index contributed by atoms with van der Waals surface area (Å²) in [5.74, 6) is 2.11. The lowest BCUT2D eigenvalue weighted by Gasteiger charge is -2.22. The van der Waals surface area contributed by atoms with E-state index < -0.39 is 0 Å². The van der Waals surface area contributed by atoms with Gasteiger partial charge in [0.2, 0.25) is 0 Å². The van der Waals surface area contributed by atoms with Crippen LogP contribution in [0.5, 0.6) is 0 Å². The lowest BCUT2D eigenvalue weighted by Crippen LogP contribution is -2.36. The van der Waals surface area contributed by atoms with Crippen molar-refractivity contribution in [2.45, 2.75) is 39.7 Å². The van der Waals surface area contributed by atoms with E-state index in [9.17, 15) is 4.79 Å². The normalized spacial score (nSPS) is 18.2. The van der Waals surface area contributed by atoms with Crippen molar-refractivity contribution in [2.24, 2.45) is 11.8 Å². The van der Waals surface area contributed by atoms with E-state index >= 15 is 0 Å². The number of urea groups is 1. The zero-order valence-electron chi connectivity index (χ0n) is 15.1. The third-order valence-corrected chi connectivity index (χ3v) is 4.99. The Kier molecular flexibility index (Phi) is 5.68. The molecule has 1 aliphatic rings. The Morgan fingerprint density at radius 1 is 1.24 bits per heavy atom. The minimum Gasteiger partial charge on any atom is -0.324 e. The quantitative estimate of drug-likeness (QED) is 0.924. The molecule has 1 aliphatic heterocycles. The lowest BCUT2D eigenvalue weighted by atomic mass is 9.89. The Morgan fingerprint density at radius 2 is 2.12 bits per heavy atom. The zero-order valence-corrected chi connectivity index (χ0v) is 15.1. The number of likely N-dealkylation sites (tertiary alicyclic amines) is 1. The molecule has 25 heavy (non-hydrogen) atoms. The summed E-state index contributed by atoms with van der Waals surface area (Å²) < 4.78 is 1.77. The van der Waals surface area contributed by atoms with Gasteiger partial charge in [-0.3, -0.25) is 10.3 Å². The number of hydrogen-bond donors (Lipinski definition) is 1. The summed E-state index contributed by atoms with van der Waals surface area (Å²) in [5.41, 5.74) is 0.913. The van der Waals surface area contributed by atoms with Crippen LogP contribution in [0.3, 0.4) is 0 Å². The van der Waals surface area contributed by atoms with Gasteiger partial charge in [0.1, 0.15) is 5.82 Å². The highest BCUT2D eigenvalue weighted by atomic mass is 16.2. The van der Waals surface area contributed by atoms with Crippen LogP contribution in [0.4, 0.5) is 10.6 Å². The fourth-order valence-corrected chi connectivity index (χ4v) is 3.39. The van der Waals surface area contributed by atoms with Gasteiger partial charge in [0, 0.05) is 25.4 Å². The SMILES string of the molecule is CC(C)C1CCCN(C(=O)Nc2ccnn2Cc2ccccn2)CC1. The Hall–Kier alpha value is -2.37. The molecule has 0 saturated carbocycles. The van der Waals surface area contributed by atoms with Gasteiger partial charge < -0.3 is 4.90 Å². The van der Waals surface area contributed by atoms with Crippen molar-refractivity contribution in [1.82, 2.24) is 19.7 Å². The highest BCUT2D eigenvalue weighted by Gasteiger charge is 2.23. The van der Waals surface area contributed by atoms with Gasteiger partial charge in [0.05, 0.1) is 18.4 Å². The molecule has 0 radical (unpaired) electrons. The lowest BCUT2D eigenvalue weighted by molar-refractivity contribution is 0.212. The van der Waals surface area contributed by atoms with Crippen molar-refractivity contribution in [2.75, 3.05) is 18.4 Å². The maximum atomic E-state index is 12.7. The van der Waals surface area contributed by atoms with Crippen molar-refractivity contribution in [3.05, 3.63) is 42.4 Å². The molecular weight excluding hydrogens is 314 g/mol. The molecule has 1 fully saturated rings. The van der Waals surface area contributed by atoms with Crippen LogP contribution in [0.1, 0.15) is 38.8 Å². The molecule has 134 valence electrons. The average molecular weight is 341 g/mol. The number of anilines is 1. The highest BCUT2D eigenvalue weighted by Crippen LogP contribution is 2.24. The summed E-state index contributed by atoms with van der Waals surface area (Å²) in [6.07, 6.45) is 6.83. The maximum Gasteiger partial charge on any atom is 0.322 e. The van der Waals surface area contributed by atoms with Gasteiger partial charge in [-0.1, -0.05) is 19.9 Å². The number of hydrogen-bond acceptors (Lipinski definition) is 3. The molecule has 0 aliphatic carbocycles. The molecule has 1 atom stereocenters. The van der Waals surface area contributed by atoms with Crippen molar-refractivity contribution in [3.8, 4) is 0 Å². The predicted molar refractivity (Wildman–Crippen MR) is 98.3 cm³/mol. The molecule has 2 amide bonds. The Bertz CT molecular complexity index is 682. The van der Waals surface area contributed by atoms with Crippen LogP contribution < -0.4 is 5.32 Å². The van der Waals surface area contributed by atoms with Crippen LogP contribution in [0.2, 0.25) is 0 Å². The van der Waals surface area contributed by atoms with Gasteiger partial charge in [0.15, 0.2) is 0 Å². The van der Waals surface area contributed by atoms with E-state index in [1.54, 1.807) is 17.1 Å². The molecular formula is C19H27N5O. The van der Waals surface area contributed by atoms with Gasteiger partial charge in [-0.15, -0.1) is 0 Å². The summed E-state index contributed by atoms with van der Waals surface area (Å²) >= 11 is 0. The molecule has 2 aromatic rings. The summed E-state index contributed by atoms with van der Waals surface area (Å²) in [5, 5.41) is 7.32. The molecule has 0 spiro atoms. The Labute approximate surface area is 149 Å². The third-order valence-electron chi connectivity index (χ3n) is 4.99. The summed E-state index contributed by atoms with van der Waals surface area (Å²) in [4.78, 5) is 18.9. The average Bonchev–Trinajstić information content (AvgIpc) is 2.88. The second-order valence-electron chi connectivity index (χ2n) is 7.05. The van der Waals surface area contributed by atoms with Crippen molar-refractivity contribution in [1.29, 1.82) is 0 Å². The molecule has 2 aromatic heterocycles. The number of nitrogens with one attached hydrogen (secondary N) is 1. The number of amides is 2. The first-order chi connectivity index (χ1) is 12.1. The zero-order chi connectivity index (χ0) is 17.6. The van der Waals surface area contributed by atoms with Gasteiger partial charge >= 0.3 is 6.03 Å². The van der Waals surface area contributed by atoms with Crippen molar-refractivity contribution in [3.63, 3.8) is 0 Å². The van der Waals surface area contributed by atoms with Gasteiger partial charge in [-0.05, 0) is 43.2 Å².